The lowest BCUT2D eigenvalue weighted by Crippen LogP contribution is -2.30. The van der Waals surface area contributed by atoms with Gasteiger partial charge < -0.3 is 10.2 Å². The molecule has 0 aromatic heterocycles. The maximum absolute atomic E-state index is 13.4. The normalized spacial score (nSPS) is 23.9. The molecule has 1 saturated heterocycles. The molecular weight excluding hydrogens is 295 g/mol. The van der Waals surface area contributed by atoms with Crippen LogP contribution in [0.15, 0.2) is 23.1 Å². The van der Waals surface area contributed by atoms with Gasteiger partial charge in [-0.05, 0) is 12.1 Å². The van der Waals surface area contributed by atoms with Crippen molar-refractivity contribution in [3.05, 3.63) is 34.1 Å². The Morgan fingerprint density at radius 3 is 2.35 bits per heavy atom. The highest BCUT2D eigenvalue weighted by Gasteiger charge is 2.41. The van der Waals surface area contributed by atoms with E-state index in [0.29, 0.717) is 4.31 Å². The number of nitro benzene ring substituents is 1. The van der Waals surface area contributed by atoms with Gasteiger partial charge in [-0.3, -0.25) is 10.1 Å². The molecule has 1 aliphatic heterocycles. The summed E-state index contributed by atoms with van der Waals surface area (Å²) in [6.07, 6.45) is -2.56. The molecule has 110 valence electrons. The largest absolute Gasteiger partial charge is 0.389 e. The molecule has 2 N–H and O–H groups in total. The number of aliphatic hydroxyl groups excluding tert-OH is 2. The average molecular weight is 306 g/mol. The fourth-order valence-electron chi connectivity index (χ4n) is 1.95. The molecule has 1 aliphatic rings. The number of sulfonamides is 1. The van der Waals surface area contributed by atoms with Crippen LogP contribution in [0, 0.1) is 15.9 Å². The van der Waals surface area contributed by atoms with Gasteiger partial charge in [0.25, 0.3) is 0 Å². The molecule has 0 radical (unpaired) electrons. The number of β-amino-alcohol motifs (C(OH)–C–C–N with tert-alkyl or cyclic N) is 2. The Hall–Kier alpha value is -1.62. The minimum atomic E-state index is -4.37. The molecule has 2 rings (SSSR count). The maximum Gasteiger partial charge on any atom is 0.324 e. The first-order chi connectivity index (χ1) is 9.25. The lowest BCUT2D eigenvalue weighted by Gasteiger charge is -2.15. The number of hydrogen-bond acceptors (Lipinski definition) is 6. The molecule has 2 atom stereocenters. The summed E-state index contributed by atoms with van der Waals surface area (Å²) in [7, 11) is -4.37. The van der Waals surface area contributed by atoms with Crippen molar-refractivity contribution in [2.24, 2.45) is 0 Å². The summed E-state index contributed by atoms with van der Waals surface area (Å²) in [6.45, 7) is -0.811. The van der Waals surface area contributed by atoms with Crippen LogP contribution in [-0.4, -0.2) is 53.2 Å². The molecule has 0 spiro atoms. The van der Waals surface area contributed by atoms with Crippen LogP contribution in [0.1, 0.15) is 0 Å². The molecule has 10 heteroatoms. The van der Waals surface area contributed by atoms with E-state index in [1.807, 2.05) is 0 Å². The molecule has 20 heavy (non-hydrogen) atoms. The van der Waals surface area contributed by atoms with Crippen LogP contribution in [0.3, 0.4) is 0 Å². The second-order valence-electron chi connectivity index (χ2n) is 4.30. The zero-order valence-electron chi connectivity index (χ0n) is 10.0. The maximum atomic E-state index is 13.4. The summed E-state index contributed by atoms with van der Waals surface area (Å²) >= 11 is 0. The third kappa shape index (κ3) is 2.38. The Morgan fingerprint density at radius 1 is 1.30 bits per heavy atom. The van der Waals surface area contributed by atoms with Crippen LogP contribution >= 0.6 is 0 Å². The van der Waals surface area contributed by atoms with Crippen molar-refractivity contribution < 1.29 is 27.9 Å². The molecule has 2 unspecified atom stereocenters. The molecule has 0 bridgehead atoms. The summed E-state index contributed by atoms with van der Waals surface area (Å²) < 4.78 is 38.6. The predicted molar refractivity (Wildman–Crippen MR) is 63.8 cm³/mol. The first-order valence-electron chi connectivity index (χ1n) is 5.54. The number of halogens is 1. The highest BCUT2D eigenvalue weighted by molar-refractivity contribution is 7.89. The van der Waals surface area contributed by atoms with Crippen LogP contribution in [0.25, 0.3) is 0 Å². The van der Waals surface area contributed by atoms with Crippen molar-refractivity contribution in [2.75, 3.05) is 13.1 Å². The number of para-hydroxylation sites is 1. The number of benzene rings is 1. The molecule has 0 aliphatic carbocycles. The smallest absolute Gasteiger partial charge is 0.324 e. The highest BCUT2D eigenvalue weighted by Crippen LogP contribution is 2.30. The standard InChI is InChI=1S/C10H11FN2O6S/c11-6-2-1-3-9(10(6)13(16)17)20(18,19)12-4-7(14)8(15)5-12/h1-3,7-8,14-15H,4-5H2. The molecule has 0 saturated carbocycles. The molecule has 1 aromatic rings. The first-order valence-corrected chi connectivity index (χ1v) is 6.98. The van der Waals surface area contributed by atoms with Gasteiger partial charge in [0.05, 0.1) is 17.1 Å². The van der Waals surface area contributed by atoms with E-state index in [0.717, 1.165) is 18.2 Å². The van der Waals surface area contributed by atoms with Gasteiger partial charge in [-0.2, -0.15) is 8.70 Å². The van der Waals surface area contributed by atoms with Crippen molar-refractivity contribution in [1.29, 1.82) is 0 Å². The first kappa shape index (κ1) is 14.8. The Balaban J connectivity index is 2.51. The number of nitrogens with zero attached hydrogens (tertiary/aromatic N) is 2. The minimum absolute atomic E-state index is 0.406. The topological polar surface area (TPSA) is 121 Å². The van der Waals surface area contributed by atoms with Crippen molar-refractivity contribution in [3.63, 3.8) is 0 Å². The van der Waals surface area contributed by atoms with Crippen LogP contribution < -0.4 is 0 Å². The van der Waals surface area contributed by atoms with E-state index < -0.39 is 56.6 Å². The number of aliphatic hydroxyl groups is 2. The Morgan fingerprint density at radius 2 is 1.85 bits per heavy atom. The minimum Gasteiger partial charge on any atom is -0.389 e. The summed E-state index contributed by atoms with van der Waals surface area (Å²) in [4.78, 5) is 8.89. The van der Waals surface area contributed by atoms with E-state index in [9.17, 15) is 33.1 Å². The Labute approximate surface area is 113 Å². The number of hydrogen-bond donors (Lipinski definition) is 2. The Kier molecular flexibility index (Phi) is 3.73. The zero-order chi connectivity index (χ0) is 15.1. The lowest BCUT2D eigenvalue weighted by atomic mass is 10.3. The van der Waals surface area contributed by atoms with Crippen molar-refractivity contribution in [2.45, 2.75) is 17.1 Å². The summed E-state index contributed by atoms with van der Waals surface area (Å²) in [6, 6.07) is 2.73. The highest BCUT2D eigenvalue weighted by atomic mass is 32.2. The molecule has 1 heterocycles. The summed E-state index contributed by atoms with van der Waals surface area (Å²) in [5, 5.41) is 29.5. The second-order valence-corrected chi connectivity index (χ2v) is 6.21. The van der Waals surface area contributed by atoms with Gasteiger partial charge in [-0.15, -0.1) is 0 Å². The third-order valence-corrected chi connectivity index (χ3v) is 4.84. The lowest BCUT2D eigenvalue weighted by molar-refractivity contribution is -0.390. The van der Waals surface area contributed by atoms with E-state index in [-0.39, 0.29) is 0 Å². The second kappa shape index (κ2) is 5.05. The van der Waals surface area contributed by atoms with Gasteiger partial charge >= 0.3 is 5.69 Å². The van der Waals surface area contributed by atoms with E-state index in [4.69, 9.17) is 0 Å². The van der Waals surface area contributed by atoms with E-state index in [1.54, 1.807) is 0 Å². The molecule has 0 amide bonds. The van der Waals surface area contributed by atoms with Crippen LogP contribution in [0.2, 0.25) is 0 Å². The zero-order valence-corrected chi connectivity index (χ0v) is 10.8. The quantitative estimate of drug-likeness (QED) is 0.571. The van der Waals surface area contributed by atoms with Crippen molar-refractivity contribution >= 4 is 15.7 Å². The van der Waals surface area contributed by atoms with Crippen LogP contribution in [0.4, 0.5) is 10.1 Å². The van der Waals surface area contributed by atoms with Gasteiger partial charge in [-0.25, -0.2) is 8.42 Å². The summed E-state index contributed by atoms with van der Waals surface area (Å²) in [5.74, 6) is -1.27. The van der Waals surface area contributed by atoms with Gasteiger partial charge in [-0.1, -0.05) is 6.07 Å². The summed E-state index contributed by atoms with van der Waals surface area (Å²) in [5.41, 5.74) is -1.15. The van der Waals surface area contributed by atoms with E-state index >= 15 is 0 Å². The van der Waals surface area contributed by atoms with Gasteiger partial charge in [0, 0.05) is 13.1 Å². The number of nitro groups is 1. The molecule has 1 fully saturated rings. The molecule has 1 aromatic carbocycles. The van der Waals surface area contributed by atoms with Gasteiger partial charge in [0.15, 0.2) is 4.90 Å². The molecular formula is C10H11FN2O6S. The number of rotatable bonds is 3. The Bertz CT molecular complexity index is 639. The van der Waals surface area contributed by atoms with E-state index in [1.165, 1.54) is 0 Å². The van der Waals surface area contributed by atoms with Gasteiger partial charge in [0.1, 0.15) is 0 Å². The van der Waals surface area contributed by atoms with Crippen molar-refractivity contribution in [1.82, 2.24) is 4.31 Å². The van der Waals surface area contributed by atoms with Crippen LogP contribution in [-0.2, 0) is 10.0 Å². The third-order valence-electron chi connectivity index (χ3n) is 2.98. The fourth-order valence-corrected chi connectivity index (χ4v) is 3.59. The average Bonchev–Trinajstić information content (AvgIpc) is 2.69. The SMILES string of the molecule is O=[N+]([O-])c1c(F)cccc1S(=O)(=O)N1CC(O)C(O)C1. The fraction of sp³-hybridized carbons (Fsp3) is 0.400. The van der Waals surface area contributed by atoms with Gasteiger partial charge in [0.2, 0.25) is 15.8 Å². The molecule has 8 nitrogen and oxygen atoms in total. The van der Waals surface area contributed by atoms with E-state index in [2.05, 4.69) is 0 Å². The predicted octanol–water partition coefficient (Wildman–Crippen LogP) is -0.540. The van der Waals surface area contributed by atoms with Crippen LogP contribution in [0.5, 0.6) is 0 Å². The van der Waals surface area contributed by atoms with Crippen molar-refractivity contribution in [3.8, 4) is 0 Å². The monoisotopic (exact) mass is 306 g/mol.